The van der Waals surface area contributed by atoms with Gasteiger partial charge >= 0.3 is 34.2 Å². The molecule has 3 rings (SSSR count). The largest absolute Gasteiger partial charge is 0.416 e. The molecule has 1 fully saturated rings. The maximum absolute atomic E-state index is 12.1. The summed E-state index contributed by atoms with van der Waals surface area (Å²) in [6.45, 7) is 26.4. The molecule has 2 aromatic carbocycles. The molecule has 2 amide bonds. The van der Waals surface area contributed by atoms with Crippen LogP contribution in [0.4, 0.5) is 11.4 Å². The molecule has 8 nitrogen and oxygen atoms in total. The van der Waals surface area contributed by atoms with Gasteiger partial charge in [0.05, 0.1) is 16.1 Å². The van der Waals surface area contributed by atoms with Gasteiger partial charge in [-0.3, -0.25) is 9.59 Å². The predicted molar refractivity (Wildman–Crippen MR) is 226 cm³/mol. The molecule has 1 aliphatic heterocycles. The third-order valence-corrected chi connectivity index (χ3v) is 37.2. The van der Waals surface area contributed by atoms with E-state index in [0.29, 0.717) is 0 Å². The van der Waals surface area contributed by atoms with Gasteiger partial charge in [0.15, 0.2) is 0 Å². The SMILES string of the molecule is CCC[Si]1(C)O[Si](C)(CC[Si](C)(C)c2cccc(N(C)C(C)=O)c2)O[Si](C)(CCC)O[Si](C)(CC[Si](C)(C)c2cccc(N(C)C(C)=O)c2)O1. The summed E-state index contributed by atoms with van der Waals surface area (Å²) < 4.78 is 29.7. The maximum Gasteiger partial charge on any atom is 0.317 e. The van der Waals surface area contributed by atoms with Crippen molar-refractivity contribution in [1.82, 2.24) is 0 Å². The highest BCUT2D eigenvalue weighted by molar-refractivity contribution is 6.96. The van der Waals surface area contributed by atoms with Crippen molar-refractivity contribution in [3.63, 3.8) is 0 Å². The average molecular weight is 791 g/mol. The summed E-state index contributed by atoms with van der Waals surface area (Å²) in [7, 11) is -10.9. The molecule has 50 heavy (non-hydrogen) atoms. The minimum absolute atomic E-state index is 0.0337. The zero-order valence-corrected chi connectivity index (χ0v) is 39.6. The summed E-state index contributed by atoms with van der Waals surface area (Å²) in [6, 6.07) is 22.7. The molecule has 1 saturated heterocycles. The monoisotopic (exact) mass is 790 g/mol. The third kappa shape index (κ3) is 11.3. The number of anilines is 2. The van der Waals surface area contributed by atoms with Gasteiger partial charge in [0.25, 0.3) is 0 Å². The molecule has 0 radical (unpaired) electrons. The van der Waals surface area contributed by atoms with E-state index in [2.05, 4.69) is 103 Å². The highest BCUT2D eigenvalue weighted by Gasteiger charge is 2.56. The molecular formula is C36H66N2O6Si6. The van der Waals surface area contributed by atoms with Crippen LogP contribution < -0.4 is 20.2 Å². The Bertz CT molecular complexity index is 1370. The molecule has 0 aromatic heterocycles. The van der Waals surface area contributed by atoms with Crippen molar-refractivity contribution in [2.45, 2.75) is 129 Å². The number of amides is 2. The number of nitrogens with zero attached hydrogens (tertiary/aromatic N) is 2. The molecule has 2 aromatic rings. The van der Waals surface area contributed by atoms with E-state index in [4.69, 9.17) is 16.5 Å². The Morgan fingerprint density at radius 2 is 0.880 bits per heavy atom. The second-order valence-electron chi connectivity index (χ2n) is 16.5. The van der Waals surface area contributed by atoms with E-state index in [-0.39, 0.29) is 11.8 Å². The standard InChI is InChI=1S/C36H66N2O6Si6/c1-15-23-47(11)41-49(13,27-25-45(7,8)35-21-17-19-33(29-35)37(5)31(3)39)43-48(12,24-16-2)44-50(14,42-47)28-26-46(9,10)36-22-18-20-34(30-36)38(6)32(4)40/h17-22,29-30H,15-16,23-28H2,1-14H3. The number of benzene rings is 2. The summed E-state index contributed by atoms with van der Waals surface area (Å²) in [5.74, 6) is 0.0673. The summed E-state index contributed by atoms with van der Waals surface area (Å²) in [6.07, 6.45) is 1.99. The molecule has 1 heterocycles. The van der Waals surface area contributed by atoms with Crippen molar-refractivity contribution in [2.24, 2.45) is 0 Å². The molecule has 0 N–H and O–H groups in total. The highest BCUT2D eigenvalue weighted by atomic mass is 28.5. The molecule has 0 atom stereocenters. The lowest BCUT2D eigenvalue weighted by Gasteiger charge is -2.51. The first kappa shape index (κ1) is 42.9. The Labute approximate surface area is 310 Å². The van der Waals surface area contributed by atoms with Crippen molar-refractivity contribution in [3.8, 4) is 0 Å². The van der Waals surface area contributed by atoms with Crippen LogP contribution in [-0.4, -0.2) is 76.3 Å². The zero-order chi connectivity index (χ0) is 37.8. The Kier molecular flexibility index (Phi) is 14.3. The minimum atomic E-state index is -2.72. The second-order valence-corrected chi connectivity index (χ2v) is 40.5. The van der Waals surface area contributed by atoms with Crippen LogP contribution in [0.3, 0.4) is 0 Å². The van der Waals surface area contributed by atoms with Crippen molar-refractivity contribution in [2.75, 3.05) is 23.9 Å². The first-order valence-electron chi connectivity index (χ1n) is 18.5. The highest BCUT2D eigenvalue weighted by Crippen LogP contribution is 2.40. The van der Waals surface area contributed by atoms with Gasteiger partial charge in [-0.25, -0.2) is 0 Å². The Hall–Kier alpha value is -1.48. The number of carbonyl (C=O) groups excluding carboxylic acids is 2. The van der Waals surface area contributed by atoms with Crippen molar-refractivity contribution in [3.05, 3.63) is 48.5 Å². The molecule has 0 aliphatic carbocycles. The Morgan fingerprint density at radius 3 is 1.16 bits per heavy atom. The molecule has 0 bridgehead atoms. The van der Waals surface area contributed by atoms with E-state index in [0.717, 1.165) is 60.5 Å². The van der Waals surface area contributed by atoms with Gasteiger partial charge in [-0.1, -0.05) is 99.6 Å². The predicted octanol–water partition coefficient (Wildman–Crippen LogP) is 8.37. The first-order valence-corrected chi connectivity index (χ1v) is 35.0. The summed E-state index contributed by atoms with van der Waals surface area (Å²) in [5.41, 5.74) is 1.88. The average Bonchev–Trinajstić information content (AvgIpc) is 3.01. The molecule has 0 spiro atoms. The molecule has 0 saturated carbocycles. The number of rotatable bonds is 14. The van der Waals surface area contributed by atoms with E-state index in [1.165, 1.54) is 10.4 Å². The van der Waals surface area contributed by atoms with Gasteiger partial charge in [0.2, 0.25) is 11.8 Å². The number of carbonyl (C=O) groups is 2. The lowest BCUT2D eigenvalue weighted by atomic mass is 10.3. The summed E-state index contributed by atoms with van der Waals surface area (Å²) >= 11 is 0. The molecule has 0 unspecified atom stereocenters. The summed E-state index contributed by atoms with van der Waals surface area (Å²) in [4.78, 5) is 27.7. The maximum atomic E-state index is 12.1. The van der Waals surface area contributed by atoms with E-state index < -0.39 is 50.4 Å². The van der Waals surface area contributed by atoms with Crippen molar-refractivity contribution < 1.29 is 26.0 Å². The normalized spacial score (nSPS) is 26.2. The van der Waals surface area contributed by atoms with Gasteiger partial charge in [0, 0.05) is 39.3 Å². The number of hydrogen-bond donors (Lipinski definition) is 0. The van der Waals surface area contributed by atoms with Crippen LogP contribution in [0.2, 0.25) is 88.6 Å². The molecular weight excluding hydrogens is 725 g/mol. The molecule has 14 heteroatoms. The Balaban J connectivity index is 1.91. The van der Waals surface area contributed by atoms with Gasteiger partial charge in [-0.05, 0) is 74.6 Å². The second kappa shape index (κ2) is 16.7. The van der Waals surface area contributed by atoms with Crippen LogP contribution in [0.1, 0.15) is 40.5 Å². The Morgan fingerprint density at radius 1 is 0.580 bits per heavy atom. The van der Waals surface area contributed by atoms with Gasteiger partial charge < -0.3 is 26.3 Å². The first-order chi connectivity index (χ1) is 23.0. The lowest BCUT2D eigenvalue weighted by molar-refractivity contribution is -0.117. The van der Waals surface area contributed by atoms with Crippen LogP contribution in [0.15, 0.2) is 48.5 Å². The van der Waals surface area contributed by atoms with Crippen LogP contribution in [0.5, 0.6) is 0 Å². The lowest BCUT2D eigenvalue weighted by Crippen LogP contribution is -2.67. The van der Waals surface area contributed by atoms with Gasteiger partial charge in [-0.15, -0.1) is 0 Å². The van der Waals surface area contributed by atoms with Gasteiger partial charge in [0.1, 0.15) is 0 Å². The van der Waals surface area contributed by atoms with Gasteiger partial charge in [-0.2, -0.15) is 0 Å². The van der Waals surface area contributed by atoms with Crippen molar-refractivity contribution in [1.29, 1.82) is 0 Å². The van der Waals surface area contributed by atoms with E-state index >= 15 is 0 Å². The fourth-order valence-corrected chi connectivity index (χ4v) is 40.5. The van der Waals surface area contributed by atoms with Crippen LogP contribution in [-0.2, 0) is 26.0 Å². The quantitative estimate of drug-likeness (QED) is 0.179. The fourth-order valence-electron chi connectivity index (χ4n) is 7.23. The van der Waals surface area contributed by atoms with E-state index in [9.17, 15) is 9.59 Å². The third-order valence-electron chi connectivity index (χ3n) is 10.5. The van der Waals surface area contributed by atoms with E-state index in [1.807, 2.05) is 26.2 Å². The smallest absolute Gasteiger partial charge is 0.317 e. The van der Waals surface area contributed by atoms with E-state index in [1.54, 1.807) is 23.6 Å². The van der Waals surface area contributed by atoms with Crippen LogP contribution in [0, 0.1) is 0 Å². The molecule has 280 valence electrons. The topological polar surface area (TPSA) is 77.5 Å². The number of hydrogen-bond acceptors (Lipinski definition) is 6. The minimum Gasteiger partial charge on any atom is -0.416 e. The molecule has 1 aliphatic rings. The fraction of sp³-hybridized carbons (Fsp3) is 0.611. The van der Waals surface area contributed by atoms with Crippen LogP contribution >= 0.6 is 0 Å². The van der Waals surface area contributed by atoms with Crippen molar-refractivity contribution >= 4 is 84.0 Å². The summed E-state index contributed by atoms with van der Waals surface area (Å²) in [5, 5.41) is 2.68. The zero-order valence-electron chi connectivity index (χ0n) is 33.6. The van der Waals surface area contributed by atoms with Crippen LogP contribution in [0.25, 0.3) is 0 Å².